The lowest BCUT2D eigenvalue weighted by molar-refractivity contribution is -0.130. The SMILES string of the molecule is COc1cc2c(cc1OCc1cc(COc3cc4c(cc3OC)C(=O)N3c5ccccc5C[C@H]3CN4)cc(NC(=O)[C@H](C)NC(=O)[C@H](C)NC(=O)CCCCSC)c1)N=C[C@@H]1Cc3ccccc3N1C2=O. The number of hydrogen-bond acceptors (Lipinski definition) is 12. The van der Waals surface area contributed by atoms with E-state index in [1.165, 1.54) is 14.2 Å². The number of thioether (sulfide) groups is 1. The highest BCUT2D eigenvalue weighted by Crippen LogP contribution is 2.43. The normalized spacial score (nSPS) is 16.9. The molecule has 5 aromatic carbocycles. The molecule has 4 atom stereocenters. The number of carbonyl (C=O) groups is 5. The first kappa shape index (κ1) is 48.5. The molecule has 4 N–H and O–H groups in total. The van der Waals surface area contributed by atoms with Crippen molar-refractivity contribution < 1.29 is 42.9 Å². The molecule has 0 aromatic heterocycles. The van der Waals surface area contributed by atoms with E-state index >= 15 is 0 Å². The highest BCUT2D eigenvalue weighted by Gasteiger charge is 2.39. The maximum Gasteiger partial charge on any atom is 0.261 e. The largest absolute Gasteiger partial charge is 0.493 e. The van der Waals surface area contributed by atoms with Crippen LogP contribution in [0.5, 0.6) is 23.0 Å². The molecule has 0 radical (unpaired) electrons. The molecule has 4 aliphatic heterocycles. The van der Waals surface area contributed by atoms with Crippen molar-refractivity contribution in [1.82, 2.24) is 10.6 Å². The molecule has 0 bridgehead atoms. The summed E-state index contributed by atoms with van der Waals surface area (Å²) in [6, 6.07) is 25.9. The van der Waals surface area contributed by atoms with Gasteiger partial charge in [0.1, 0.15) is 25.3 Å². The Balaban J connectivity index is 0.945. The summed E-state index contributed by atoms with van der Waals surface area (Å²) in [6.07, 6.45) is 7.14. The van der Waals surface area contributed by atoms with Crippen LogP contribution in [0.2, 0.25) is 0 Å². The van der Waals surface area contributed by atoms with Crippen molar-refractivity contribution in [3.8, 4) is 23.0 Å². The van der Waals surface area contributed by atoms with Crippen molar-refractivity contribution in [2.75, 3.05) is 53.2 Å². The second kappa shape index (κ2) is 21.2. The molecular weight excluding hydrogens is 923 g/mol. The van der Waals surface area contributed by atoms with Crippen LogP contribution in [-0.2, 0) is 40.4 Å². The van der Waals surface area contributed by atoms with E-state index in [-0.39, 0.29) is 43.0 Å². The number of aliphatic imine (C=N–C) groups is 1. The first-order valence-corrected chi connectivity index (χ1v) is 25.1. The van der Waals surface area contributed by atoms with E-state index in [4.69, 9.17) is 23.9 Å². The van der Waals surface area contributed by atoms with Crippen molar-refractivity contribution in [2.24, 2.45) is 4.99 Å². The van der Waals surface area contributed by atoms with Gasteiger partial charge in [-0.3, -0.25) is 33.9 Å². The number of nitrogens with zero attached hydrogens (tertiary/aromatic N) is 3. The second-order valence-electron chi connectivity index (χ2n) is 18.0. The molecule has 71 heavy (non-hydrogen) atoms. The van der Waals surface area contributed by atoms with Gasteiger partial charge in [-0.2, -0.15) is 11.8 Å². The third-order valence-electron chi connectivity index (χ3n) is 13.1. The Morgan fingerprint density at radius 3 is 2.04 bits per heavy atom. The highest BCUT2D eigenvalue weighted by molar-refractivity contribution is 7.98. The zero-order chi connectivity index (χ0) is 49.8. The number of methoxy groups -OCH3 is 2. The molecule has 5 amide bonds. The fraction of sp³-hybridized carbons (Fsp3) is 0.333. The number of rotatable bonds is 18. The van der Waals surface area contributed by atoms with E-state index in [9.17, 15) is 24.0 Å². The molecular formula is C54H57N7O9S. The van der Waals surface area contributed by atoms with E-state index in [0.717, 1.165) is 47.5 Å². The van der Waals surface area contributed by atoms with Gasteiger partial charge in [0, 0.05) is 54.8 Å². The lowest BCUT2D eigenvalue weighted by Crippen LogP contribution is -2.50. The Kier molecular flexibility index (Phi) is 14.5. The van der Waals surface area contributed by atoms with Crippen LogP contribution in [0.15, 0.2) is 96.0 Å². The fourth-order valence-corrected chi connectivity index (χ4v) is 9.98. The number of amides is 5. The standard InChI is InChI=1S/C54H57N7O9S/c1-31(57-50(62)16-10-11-17-71-5)51(63)58-32(2)52(64)59-37-19-33(29-69-48-25-42-40(23-46(48)67-3)53(65)60-38(27-55-42)21-35-12-6-8-14-44(35)60)18-34(20-37)30-70-49-26-43-41(24-47(49)68-4)54(66)61-39(28-56-43)22-36-13-7-9-15-45(36)61/h6-9,12-15,18-20,23-27,31-32,38-39,56H,10-11,16-17,21-22,28-30H2,1-5H3,(H,57,62)(H,58,63)(H,59,64)/t31-,32-,38-,39-/m0/s1. The summed E-state index contributed by atoms with van der Waals surface area (Å²) < 4.78 is 24.4. The number of ether oxygens (including phenoxy) is 4. The van der Waals surface area contributed by atoms with Crippen molar-refractivity contribution >= 4 is 75.9 Å². The van der Waals surface area contributed by atoms with E-state index < -0.39 is 23.9 Å². The summed E-state index contributed by atoms with van der Waals surface area (Å²) in [4.78, 5) is 75.8. The zero-order valence-electron chi connectivity index (χ0n) is 40.3. The number of para-hydroxylation sites is 2. The summed E-state index contributed by atoms with van der Waals surface area (Å²) >= 11 is 1.72. The minimum atomic E-state index is -0.970. The molecule has 0 spiro atoms. The monoisotopic (exact) mass is 979 g/mol. The molecule has 0 saturated heterocycles. The molecule has 4 aliphatic rings. The van der Waals surface area contributed by atoms with Gasteiger partial charge in [0.05, 0.1) is 48.8 Å². The average molecular weight is 980 g/mol. The topological polar surface area (TPSA) is 189 Å². The maximum absolute atomic E-state index is 14.1. The van der Waals surface area contributed by atoms with Crippen LogP contribution in [0.3, 0.4) is 0 Å². The minimum absolute atomic E-state index is 0.00141. The summed E-state index contributed by atoms with van der Waals surface area (Å²) in [7, 11) is 3.03. The molecule has 17 heteroatoms. The first-order valence-electron chi connectivity index (χ1n) is 23.8. The van der Waals surface area contributed by atoms with Crippen LogP contribution in [0.25, 0.3) is 0 Å². The van der Waals surface area contributed by atoms with Gasteiger partial charge in [0.2, 0.25) is 17.7 Å². The lowest BCUT2D eigenvalue weighted by atomic mass is 10.1. The van der Waals surface area contributed by atoms with Crippen molar-refractivity contribution in [2.45, 2.75) is 83.3 Å². The number of benzene rings is 5. The van der Waals surface area contributed by atoms with Crippen LogP contribution in [-0.4, -0.2) is 92.7 Å². The smallest absolute Gasteiger partial charge is 0.261 e. The number of hydrogen-bond donors (Lipinski definition) is 4. The Morgan fingerprint density at radius 2 is 1.35 bits per heavy atom. The van der Waals surface area contributed by atoms with Gasteiger partial charge in [0.15, 0.2) is 23.0 Å². The number of unbranched alkanes of at least 4 members (excludes halogenated alkanes) is 1. The Bertz CT molecular complexity index is 2930. The predicted molar refractivity (Wildman–Crippen MR) is 275 cm³/mol. The van der Waals surface area contributed by atoms with Gasteiger partial charge in [-0.25, -0.2) is 0 Å². The van der Waals surface area contributed by atoms with Gasteiger partial charge in [-0.05, 0) is 110 Å². The van der Waals surface area contributed by atoms with Gasteiger partial charge in [0.25, 0.3) is 11.8 Å². The molecule has 0 fully saturated rings. The first-order chi connectivity index (χ1) is 34.4. The zero-order valence-corrected chi connectivity index (χ0v) is 41.2. The van der Waals surface area contributed by atoms with E-state index in [1.807, 2.05) is 59.7 Å². The summed E-state index contributed by atoms with van der Waals surface area (Å²) in [5, 5.41) is 11.8. The molecule has 0 aliphatic carbocycles. The Morgan fingerprint density at radius 1 is 0.732 bits per heavy atom. The number of fused-ring (bicyclic) bond motifs is 8. The van der Waals surface area contributed by atoms with Crippen molar-refractivity contribution in [1.29, 1.82) is 0 Å². The Hall–Kier alpha value is -7.53. The van der Waals surface area contributed by atoms with Gasteiger partial charge in [-0.1, -0.05) is 36.4 Å². The van der Waals surface area contributed by atoms with Gasteiger partial charge >= 0.3 is 0 Å². The molecule has 0 unspecified atom stereocenters. The molecule has 9 rings (SSSR count). The summed E-state index contributed by atoms with van der Waals surface area (Å²) in [6.45, 7) is 3.70. The predicted octanol–water partition coefficient (Wildman–Crippen LogP) is 7.63. The van der Waals surface area contributed by atoms with E-state index in [1.54, 1.807) is 73.1 Å². The van der Waals surface area contributed by atoms with E-state index in [0.29, 0.717) is 81.7 Å². The molecule has 16 nitrogen and oxygen atoms in total. The second-order valence-corrected chi connectivity index (χ2v) is 19.0. The molecule has 0 saturated carbocycles. The van der Waals surface area contributed by atoms with Gasteiger partial charge < -0.3 is 45.1 Å². The van der Waals surface area contributed by atoms with E-state index in [2.05, 4.69) is 27.3 Å². The third-order valence-corrected chi connectivity index (χ3v) is 13.8. The maximum atomic E-state index is 14.1. The molecule has 5 aromatic rings. The molecule has 368 valence electrons. The highest BCUT2D eigenvalue weighted by atomic mass is 32.2. The average Bonchev–Trinajstić information content (AvgIpc) is 3.87. The van der Waals surface area contributed by atoms with Crippen molar-refractivity contribution in [3.63, 3.8) is 0 Å². The van der Waals surface area contributed by atoms with Gasteiger partial charge in [-0.15, -0.1) is 0 Å². The summed E-state index contributed by atoms with van der Waals surface area (Å²) in [5.74, 6) is 0.868. The van der Waals surface area contributed by atoms with Crippen LogP contribution in [0.4, 0.5) is 28.4 Å². The lowest BCUT2D eigenvalue weighted by Gasteiger charge is -2.22. The van der Waals surface area contributed by atoms with Crippen LogP contribution >= 0.6 is 11.8 Å². The minimum Gasteiger partial charge on any atom is -0.493 e. The Labute approximate surface area is 416 Å². The quantitative estimate of drug-likeness (QED) is 0.0632. The van der Waals surface area contributed by atoms with Crippen molar-refractivity contribution in [3.05, 3.63) is 124 Å². The number of carbonyl (C=O) groups excluding carboxylic acids is 5. The number of anilines is 4. The van der Waals surface area contributed by atoms with Crippen LogP contribution in [0, 0.1) is 0 Å². The fourth-order valence-electron chi connectivity index (χ4n) is 9.49. The third kappa shape index (κ3) is 10.4. The van der Waals surface area contributed by atoms with Crippen LogP contribution < -0.4 is 50.0 Å². The molecule has 4 heterocycles. The summed E-state index contributed by atoms with van der Waals surface area (Å²) in [5.41, 5.74) is 7.57. The number of nitrogens with one attached hydrogen (secondary N) is 4. The van der Waals surface area contributed by atoms with Crippen LogP contribution in [0.1, 0.15) is 76.1 Å².